The lowest BCUT2D eigenvalue weighted by Gasteiger charge is -2.12. The fourth-order valence-corrected chi connectivity index (χ4v) is 3.79. The minimum Gasteiger partial charge on any atom is -0.317 e. The van der Waals surface area contributed by atoms with Crippen LogP contribution in [-0.4, -0.2) is 37.5 Å². The van der Waals surface area contributed by atoms with Gasteiger partial charge in [-0.1, -0.05) is 36.4 Å². The van der Waals surface area contributed by atoms with Gasteiger partial charge in [0, 0.05) is 53.2 Å². The van der Waals surface area contributed by atoms with Crippen molar-refractivity contribution in [3.05, 3.63) is 138 Å². The molecule has 10 heteroatoms. The largest absolute Gasteiger partial charge is 0.317 e. The van der Waals surface area contributed by atoms with Crippen molar-refractivity contribution in [1.29, 1.82) is 0 Å². The Morgan fingerprint density at radius 1 is 0.700 bits per heavy atom. The molecule has 3 amide bonds. The number of para-hydroxylation sites is 1. The Hall–Kier alpha value is -5.90. The monoisotopic (exact) mass is 529 g/mol. The summed E-state index contributed by atoms with van der Waals surface area (Å²) in [5.74, 6) is -1.78. The van der Waals surface area contributed by atoms with Crippen LogP contribution >= 0.6 is 0 Å². The highest BCUT2D eigenvalue weighted by atomic mass is 16.2. The SMILES string of the molecule is O=C(NNC(=O)c1ccncc1)/C(=C\c1cn(-c2ccccc2)nc1-c1cccnc1)NC(=O)c1ccccc1. The molecule has 0 aliphatic heterocycles. The van der Waals surface area contributed by atoms with Gasteiger partial charge in [-0.25, -0.2) is 4.68 Å². The van der Waals surface area contributed by atoms with Crippen molar-refractivity contribution >= 4 is 23.8 Å². The Bertz CT molecular complexity index is 1650. The molecule has 0 radical (unpaired) electrons. The molecule has 0 unspecified atom stereocenters. The summed E-state index contributed by atoms with van der Waals surface area (Å²) in [7, 11) is 0. The first-order chi connectivity index (χ1) is 19.6. The normalized spacial score (nSPS) is 10.9. The van der Waals surface area contributed by atoms with Crippen LogP contribution in [0.4, 0.5) is 0 Å². The van der Waals surface area contributed by atoms with Crippen LogP contribution in [0.25, 0.3) is 23.0 Å². The molecule has 3 N–H and O–H groups in total. The number of hydrogen-bond acceptors (Lipinski definition) is 6. The van der Waals surface area contributed by atoms with Crippen LogP contribution in [0.5, 0.6) is 0 Å². The van der Waals surface area contributed by atoms with E-state index < -0.39 is 17.7 Å². The van der Waals surface area contributed by atoms with Gasteiger partial charge in [0.15, 0.2) is 0 Å². The van der Waals surface area contributed by atoms with Gasteiger partial charge in [0.25, 0.3) is 17.7 Å². The second kappa shape index (κ2) is 12.1. The van der Waals surface area contributed by atoms with Crippen molar-refractivity contribution in [1.82, 2.24) is 35.9 Å². The molecule has 5 rings (SSSR count). The van der Waals surface area contributed by atoms with E-state index in [0.717, 1.165) is 5.69 Å². The van der Waals surface area contributed by atoms with Gasteiger partial charge in [0.05, 0.1) is 5.69 Å². The summed E-state index contributed by atoms with van der Waals surface area (Å²) in [5, 5.41) is 7.40. The highest BCUT2D eigenvalue weighted by Crippen LogP contribution is 2.25. The molecular weight excluding hydrogens is 506 g/mol. The molecule has 0 spiro atoms. The summed E-state index contributed by atoms with van der Waals surface area (Å²) >= 11 is 0. The summed E-state index contributed by atoms with van der Waals surface area (Å²) in [4.78, 5) is 46.9. The number of aromatic nitrogens is 4. The Morgan fingerprint density at radius 2 is 1.40 bits per heavy atom. The molecule has 0 saturated carbocycles. The van der Waals surface area contributed by atoms with Gasteiger partial charge in [-0.2, -0.15) is 5.10 Å². The van der Waals surface area contributed by atoms with E-state index in [1.165, 1.54) is 30.6 Å². The zero-order chi connectivity index (χ0) is 27.7. The van der Waals surface area contributed by atoms with Crippen LogP contribution in [0.2, 0.25) is 0 Å². The van der Waals surface area contributed by atoms with Gasteiger partial charge in [0.2, 0.25) is 0 Å². The summed E-state index contributed by atoms with van der Waals surface area (Å²) in [6.45, 7) is 0. The van der Waals surface area contributed by atoms with E-state index in [0.29, 0.717) is 27.9 Å². The number of carbonyl (C=O) groups is 3. The molecule has 0 bridgehead atoms. The van der Waals surface area contributed by atoms with Crippen LogP contribution in [0.3, 0.4) is 0 Å². The molecular formula is C30H23N7O3. The van der Waals surface area contributed by atoms with E-state index in [1.807, 2.05) is 36.4 Å². The van der Waals surface area contributed by atoms with Crippen molar-refractivity contribution < 1.29 is 14.4 Å². The maximum Gasteiger partial charge on any atom is 0.286 e. The van der Waals surface area contributed by atoms with E-state index in [1.54, 1.807) is 59.7 Å². The summed E-state index contributed by atoms with van der Waals surface area (Å²) in [5.41, 5.74) is 7.88. The van der Waals surface area contributed by atoms with Crippen LogP contribution in [0.1, 0.15) is 26.3 Å². The molecule has 0 aliphatic rings. The number of pyridine rings is 2. The smallest absolute Gasteiger partial charge is 0.286 e. The zero-order valence-corrected chi connectivity index (χ0v) is 21.1. The summed E-state index contributed by atoms with van der Waals surface area (Å²) < 4.78 is 1.67. The molecule has 2 aromatic carbocycles. The number of carbonyl (C=O) groups excluding carboxylic acids is 3. The lowest BCUT2D eigenvalue weighted by Crippen LogP contribution is -2.45. The van der Waals surface area contributed by atoms with Gasteiger partial charge in [-0.05, 0) is 54.6 Å². The average Bonchev–Trinajstić information content (AvgIpc) is 3.45. The number of nitrogens with one attached hydrogen (secondary N) is 3. The van der Waals surface area contributed by atoms with Gasteiger partial charge >= 0.3 is 0 Å². The lowest BCUT2D eigenvalue weighted by atomic mass is 10.1. The first-order valence-corrected chi connectivity index (χ1v) is 12.2. The maximum atomic E-state index is 13.3. The van der Waals surface area contributed by atoms with Crippen LogP contribution in [-0.2, 0) is 4.79 Å². The van der Waals surface area contributed by atoms with Gasteiger partial charge < -0.3 is 5.32 Å². The number of hydrazine groups is 1. The highest BCUT2D eigenvalue weighted by Gasteiger charge is 2.19. The van der Waals surface area contributed by atoms with E-state index in [4.69, 9.17) is 5.10 Å². The average molecular weight is 530 g/mol. The fourth-order valence-electron chi connectivity index (χ4n) is 3.79. The molecule has 3 aromatic heterocycles. The standard InChI is InChI=1S/C30H23N7O3/c38-28(21-8-3-1-4-9-21)33-26(30(40)35-34-29(39)22-13-16-31-17-14-22)18-24-20-37(25-11-5-2-6-12-25)36-27(24)23-10-7-15-32-19-23/h1-20H,(H,33,38)(H,34,39)(H,35,40)/b26-18+. The third-order valence-corrected chi connectivity index (χ3v) is 5.76. The molecule has 40 heavy (non-hydrogen) atoms. The van der Waals surface area contributed by atoms with Crippen molar-refractivity contribution in [2.75, 3.05) is 0 Å². The molecule has 0 saturated heterocycles. The number of amides is 3. The molecule has 10 nitrogen and oxygen atoms in total. The van der Waals surface area contributed by atoms with E-state index in [-0.39, 0.29) is 5.70 Å². The van der Waals surface area contributed by atoms with Crippen LogP contribution in [0.15, 0.2) is 122 Å². The Kier molecular flexibility index (Phi) is 7.78. The molecule has 0 aliphatic carbocycles. The number of hydrogen-bond donors (Lipinski definition) is 3. The second-order valence-electron chi connectivity index (χ2n) is 8.48. The van der Waals surface area contributed by atoms with Crippen molar-refractivity contribution in [2.24, 2.45) is 0 Å². The molecule has 196 valence electrons. The molecule has 3 heterocycles. The van der Waals surface area contributed by atoms with Gasteiger partial charge in [-0.15, -0.1) is 0 Å². The minimum absolute atomic E-state index is 0.110. The van der Waals surface area contributed by atoms with Crippen LogP contribution in [0, 0.1) is 0 Å². The Balaban J connectivity index is 1.51. The third kappa shape index (κ3) is 6.14. The van der Waals surface area contributed by atoms with E-state index >= 15 is 0 Å². The fraction of sp³-hybridized carbons (Fsp3) is 0. The number of rotatable bonds is 7. The Morgan fingerprint density at radius 3 is 2.10 bits per heavy atom. The number of benzene rings is 2. The van der Waals surface area contributed by atoms with Crippen molar-refractivity contribution in [3.8, 4) is 16.9 Å². The predicted octanol–water partition coefficient (Wildman–Crippen LogP) is 3.56. The zero-order valence-electron chi connectivity index (χ0n) is 21.1. The second-order valence-corrected chi connectivity index (χ2v) is 8.48. The third-order valence-electron chi connectivity index (χ3n) is 5.76. The number of nitrogens with zero attached hydrogens (tertiary/aromatic N) is 4. The molecule has 0 fully saturated rings. The first kappa shape index (κ1) is 25.7. The minimum atomic E-state index is -0.740. The summed E-state index contributed by atoms with van der Waals surface area (Å²) in [6.07, 6.45) is 9.49. The highest BCUT2D eigenvalue weighted by molar-refractivity contribution is 6.06. The van der Waals surface area contributed by atoms with Crippen LogP contribution < -0.4 is 16.2 Å². The molecule has 0 atom stereocenters. The van der Waals surface area contributed by atoms with Crippen molar-refractivity contribution in [3.63, 3.8) is 0 Å². The Labute approximate surface area is 229 Å². The first-order valence-electron chi connectivity index (χ1n) is 12.2. The quantitative estimate of drug-likeness (QED) is 0.218. The van der Waals surface area contributed by atoms with Gasteiger partial charge in [0.1, 0.15) is 11.4 Å². The molecule has 5 aromatic rings. The maximum absolute atomic E-state index is 13.3. The van der Waals surface area contributed by atoms with Gasteiger partial charge in [-0.3, -0.25) is 35.2 Å². The topological polar surface area (TPSA) is 131 Å². The van der Waals surface area contributed by atoms with Crippen molar-refractivity contribution in [2.45, 2.75) is 0 Å². The summed E-state index contributed by atoms with van der Waals surface area (Å²) in [6, 6.07) is 24.6. The predicted molar refractivity (Wildman–Crippen MR) is 149 cm³/mol. The van der Waals surface area contributed by atoms with E-state index in [9.17, 15) is 14.4 Å². The lowest BCUT2D eigenvalue weighted by molar-refractivity contribution is -0.118. The van der Waals surface area contributed by atoms with E-state index in [2.05, 4.69) is 26.1 Å².